The van der Waals surface area contributed by atoms with E-state index in [1.807, 2.05) is 12.1 Å². The summed E-state index contributed by atoms with van der Waals surface area (Å²) < 4.78 is 26.6. The van der Waals surface area contributed by atoms with Crippen molar-refractivity contribution in [1.29, 1.82) is 0 Å². The number of nitrogens with zero attached hydrogens (tertiary/aromatic N) is 1. The van der Waals surface area contributed by atoms with Gasteiger partial charge in [0.05, 0.1) is 11.1 Å². The second kappa shape index (κ2) is 15.0. The summed E-state index contributed by atoms with van der Waals surface area (Å²) in [6, 6.07) is 73.1. The van der Waals surface area contributed by atoms with Gasteiger partial charge in [0.15, 0.2) is 0 Å². The van der Waals surface area contributed by atoms with Crippen molar-refractivity contribution >= 4 is 105 Å². The van der Waals surface area contributed by atoms with Crippen LogP contribution in [0.25, 0.3) is 132 Å². The molecule has 5 heteroatoms. The van der Waals surface area contributed by atoms with Crippen molar-refractivity contribution in [2.24, 2.45) is 0 Å². The molecule has 0 bridgehead atoms. The first-order valence-electron chi connectivity index (χ1n) is 28.0. The number of hydrogen-bond acceptors (Lipinski definition) is 5. The molecule has 0 saturated heterocycles. The lowest BCUT2D eigenvalue weighted by atomic mass is 9.79. The number of anilines is 3. The molecule has 4 aromatic heterocycles. The quantitative estimate of drug-likeness (QED) is 0.176. The van der Waals surface area contributed by atoms with Gasteiger partial charge in [-0.2, -0.15) is 0 Å². The molecule has 0 fully saturated rings. The Balaban J connectivity index is 0.830. The van der Waals surface area contributed by atoms with Crippen LogP contribution in [0.1, 0.15) is 74.9 Å². The molecule has 0 amide bonds. The number of hydrogen-bond donors (Lipinski definition) is 0. The third-order valence-electron chi connectivity index (χ3n) is 19.1. The highest BCUT2D eigenvalue weighted by atomic mass is 16.3. The zero-order valence-electron chi connectivity index (χ0n) is 45.1. The van der Waals surface area contributed by atoms with E-state index in [1.165, 1.54) is 77.5 Å². The number of rotatable bonds is 4. The van der Waals surface area contributed by atoms with Crippen molar-refractivity contribution in [2.45, 2.75) is 57.8 Å². The molecule has 18 rings (SSSR count). The lowest BCUT2D eigenvalue weighted by Crippen LogP contribution is -2.18. The van der Waals surface area contributed by atoms with Crippen LogP contribution in [0.15, 0.2) is 218 Å². The number of benzene rings is 11. The molecule has 0 unspecified atom stereocenters. The molecule has 4 heterocycles. The van der Waals surface area contributed by atoms with Gasteiger partial charge in [0.25, 0.3) is 0 Å². The number of furan rings is 4. The Bertz CT molecular complexity index is 5300. The fraction of sp³-hybridized carbons (Fsp3) is 0.120. The van der Waals surface area contributed by atoms with Crippen molar-refractivity contribution in [3.8, 4) is 44.5 Å². The van der Waals surface area contributed by atoms with Crippen molar-refractivity contribution in [3.05, 3.63) is 234 Å². The summed E-state index contributed by atoms with van der Waals surface area (Å²) in [6.45, 7) is 14.4. The van der Waals surface area contributed by atoms with Gasteiger partial charge in [-0.1, -0.05) is 145 Å². The summed E-state index contributed by atoms with van der Waals surface area (Å²) in [5.41, 5.74) is 27.1. The molecular weight excluding hydrogens is 979 g/mol. The molecule has 0 atom stereocenters. The van der Waals surface area contributed by atoms with Gasteiger partial charge in [-0.3, -0.25) is 0 Å². The summed E-state index contributed by atoms with van der Waals surface area (Å²) >= 11 is 0. The highest BCUT2D eigenvalue weighted by molar-refractivity contribution is 6.20. The van der Waals surface area contributed by atoms with Gasteiger partial charge in [-0.15, -0.1) is 0 Å². The van der Waals surface area contributed by atoms with Crippen LogP contribution in [-0.2, 0) is 16.2 Å². The minimum Gasteiger partial charge on any atom is -0.456 e. The molecule has 0 radical (unpaired) electrons. The van der Waals surface area contributed by atoms with Crippen LogP contribution in [0.2, 0.25) is 0 Å². The van der Waals surface area contributed by atoms with E-state index in [2.05, 4.69) is 234 Å². The molecular formula is C75H51NO4. The highest BCUT2D eigenvalue weighted by Gasteiger charge is 2.44. The number of para-hydroxylation sites is 4. The molecule has 0 N–H and O–H groups in total. The Kier molecular flexibility index (Phi) is 8.30. The Morgan fingerprint density at radius 2 is 0.775 bits per heavy atom. The van der Waals surface area contributed by atoms with Crippen LogP contribution in [0.3, 0.4) is 0 Å². The van der Waals surface area contributed by atoms with E-state index in [0.29, 0.717) is 0 Å². The molecule has 3 aliphatic rings. The van der Waals surface area contributed by atoms with Gasteiger partial charge in [0.1, 0.15) is 44.7 Å². The molecule has 11 aromatic carbocycles. The molecule has 0 aliphatic heterocycles. The maximum Gasteiger partial charge on any atom is 0.143 e. The van der Waals surface area contributed by atoms with Gasteiger partial charge in [-0.05, 0) is 169 Å². The Morgan fingerprint density at radius 1 is 0.287 bits per heavy atom. The standard InChI is InChI=1S/C75H51NO4/c1-73(2)53-32-33-65-70(48-18-9-13-23-62(48)78-65)68(53)52-39-56-51(38-57(52)73)43-30-27-41(35-54(43)74(56,3)4)76(59-20-15-25-64-69(59)47-17-8-12-22-61(47)77-64)42-28-31-46-55(36-42)75(5,6)58-37-50(72-71(67(46)58)49-19-10-14-24-63(49)80-72)40-26-29-45-44-16-7-11-21-60(44)79-66(45)34-40/h7-39H,1-6H3. The van der Waals surface area contributed by atoms with Gasteiger partial charge >= 0.3 is 0 Å². The summed E-state index contributed by atoms with van der Waals surface area (Å²) in [7, 11) is 0. The van der Waals surface area contributed by atoms with E-state index >= 15 is 0 Å². The first-order chi connectivity index (χ1) is 38.9. The van der Waals surface area contributed by atoms with Crippen molar-refractivity contribution in [2.75, 3.05) is 4.90 Å². The van der Waals surface area contributed by atoms with E-state index < -0.39 is 5.41 Å². The average molecular weight is 1030 g/mol. The minimum atomic E-state index is -0.395. The largest absolute Gasteiger partial charge is 0.456 e. The topological polar surface area (TPSA) is 55.8 Å². The molecule has 3 aliphatic carbocycles. The molecule has 5 nitrogen and oxygen atoms in total. The van der Waals surface area contributed by atoms with E-state index in [-0.39, 0.29) is 10.8 Å². The van der Waals surface area contributed by atoms with Crippen LogP contribution >= 0.6 is 0 Å². The van der Waals surface area contributed by atoms with E-state index in [1.54, 1.807) is 0 Å². The summed E-state index contributed by atoms with van der Waals surface area (Å²) in [6.07, 6.45) is 0. The second-order valence-corrected chi connectivity index (χ2v) is 24.3. The maximum absolute atomic E-state index is 6.97. The van der Waals surface area contributed by atoms with Crippen molar-refractivity contribution < 1.29 is 17.7 Å². The lowest BCUT2D eigenvalue weighted by molar-refractivity contribution is 0.651. The normalized spacial score (nSPS) is 15.2. The van der Waals surface area contributed by atoms with Crippen molar-refractivity contribution in [1.82, 2.24) is 0 Å². The van der Waals surface area contributed by atoms with Gasteiger partial charge in [0.2, 0.25) is 0 Å². The molecule has 0 spiro atoms. The maximum atomic E-state index is 6.97. The van der Waals surface area contributed by atoms with E-state index in [0.717, 1.165) is 105 Å². The van der Waals surface area contributed by atoms with Crippen LogP contribution in [0, 0.1) is 0 Å². The Morgan fingerprint density at radius 3 is 1.50 bits per heavy atom. The molecule has 380 valence electrons. The summed E-state index contributed by atoms with van der Waals surface area (Å²) in [5.74, 6) is 0. The summed E-state index contributed by atoms with van der Waals surface area (Å²) in [4.78, 5) is 2.49. The first-order valence-corrected chi connectivity index (χ1v) is 28.0. The predicted octanol–water partition coefficient (Wildman–Crippen LogP) is 21.3. The summed E-state index contributed by atoms with van der Waals surface area (Å²) in [5, 5.41) is 9.03. The fourth-order valence-corrected chi connectivity index (χ4v) is 15.1. The predicted molar refractivity (Wildman–Crippen MR) is 328 cm³/mol. The zero-order chi connectivity index (χ0) is 53.3. The van der Waals surface area contributed by atoms with Gasteiger partial charge in [0, 0.05) is 70.9 Å². The Hall–Kier alpha value is -9.58. The lowest BCUT2D eigenvalue weighted by Gasteiger charge is -2.30. The number of fused-ring (bicyclic) bond motifs is 23. The molecule has 80 heavy (non-hydrogen) atoms. The third-order valence-corrected chi connectivity index (χ3v) is 19.1. The second-order valence-electron chi connectivity index (χ2n) is 24.3. The van der Waals surface area contributed by atoms with Crippen LogP contribution in [-0.4, -0.2) is 0 Å². The van der Waals surface area contributed by atoms with Crippen LogP contribution in [0.4, 0.5) is 17.1 Å². The first kappa shape index (κ1) is 44.4. The third kappa shape index (κ3) is 5.56. The van der Waals surface area contributed by atoms with Crippen LogP contribution < -0.4 is 4.90 Å². The van der Waals surface area contributed by atoms with Gasteiger partial charge in [-0.25, -0.2) is 0 Å². The SMILES string of the molecule is CC1(C)c2cc(N(c3ccc4c(c3)C(C)(C)c3cc(-c5ccc6c(c5)oc5ccccc56)c5oc6ccccc6c5c3-4)c3cccc4oc5ccccc5c34)ccc2-c2cc3c(cc21)-c1c(ccc2oc4ccccc4c12)C3(C)C. The fourth-order valence-electron chi connectivity index (χ4n) is 15.1. The Labute approximate surface area is 460 Å². The molecule has 15 aromatic rings. The monoisotopic (exact) mass is 1030 g/mol. The van der Waals surface area contributed by atoms with Crippen LogP contribution in [0.5, 0.6) is 0 Å². The van der Waals surface area contributed by atoms with Crippen molar-refractivity contribution in [3.63, 3.8) is 0 Å². The highest BCUT2D eigenvalue weighted by Crippen LogP contribution is 2.61. The van der Waals surface area contributed by atoms with E-state index in [9.17, 15) is 0 Å². The average Bonchev–Trinajstić information content (AvgIpc) is 4.43. The van der Waals surface area contributed by atoms with Gasteiger partial charge < -0.3 is 22.6 Å². The smallest absolute Gasteiger partial charge is 0.143 e. The van der Waals surface area contributed by atoms with E-state index in [4.69, 9.17) is 17.7 Å². The zero-order valence-corrected chi connectivity index (χ0v) is 45.1. The minimum absolute atomic E-state index is 0.204. The molecule has 0 saturated carbocycles.